The molecule has 0 spiro atoms. The molecule has 1 aliphatic rings. The van der Waals surface area contributed by atoms with Gasteiger partial charge in [-0.05, 0) is 30.9 Å². The van der Waals surface area contributed by atoms with Crippen molar-refractivity contribution in [3.63, 3.8) is 0 Å². The normalized spacial score (nSPS) is 17.3. The molecule has 3 aromatic rings. The third-order valence-corrected chi connectivity index (χ3v) is 6.50. The molecule has 1 amide bonds. The number of piperazine rings is 1. The molecule has 4 rings (SSSR count). The number of hydrogen-bond donors (Lipinski definition) is 0. The first-order valence-electron chi connectivity index (χ1n) is 9.07. The molecule has 0 aliphatic carbocycles. The Balaban J connectivity index is 1.40. The zero-order valence-electron chi connectivity index (χ0n) is 15.5. The summed E-state index contributed by atoms with van der Waals surface area (Å²) in [4.78, 5) is 22.4. The largest absolute Gasteiger partial charge is 0.343 e. The highest BCUT2D eigenvalue weighted by molar-refractivity contribution is 7.12. The van der Waals surface area contributed by atoms with Gasteiger partial charge in [-0.1, -0.05) is 35.9 Å². The second-order valence-electron chi connectivity index (χ2n) is 6.93. The van der Waals surface area contributed by atoms with Crippen LogP contribution in [0.25, 0.3) is 0 Å². The molecule has 0 saturated carbocycles. The van der Waals surface area contributed by atoms with E-state index in [1.165, 1.54) is 34.0 Å². The van der Waals surface area contributed by atoms with Crippen molar-refractivity contribution in [1.82, 2.24) is 14.3 Å². The third-order valence-electron chi connectivity index (χ3n) is 4.83. The number of aryl methyl sites for hydroxylation is 1. The Morgan fingerprint density at radius 3 is 2.74 bits per heavy atom. The Morgan fingerprint density at radius 2 is 2.04 bits per heavy atom. The van der Waals surface area contributed by atoms with Crippen LogP contribution in [0, 0.1) is 6.92 Å². The van der Waals surface area contributed by atoms with E-state index in [2.05, 4.69) is 47.4 Å². The van der Waals surface area contributed by atoms with E-state index < -0.39 is 0 Å². The molecule has 140 valence electrons. The fourth-order valence-corrected chi connectivity index (χ4v) is 4.71. The van der Waals surface area contributed by atoms with E-state index in [1.54, 1.807) is 0 Å². The summed E-state index contributed by atoms with van der Waals surface area (Å²) in [5, 5.41) is 2.90. The Morgan fingerprint density at radius 1 is 1.22 bits per heavy atom. The molecule has 5 nitrogen and oxygen atoms in total. The van der Waals surface area contributed by atoms with E-state index in [-0.39, 0.29) is 11.9 Å². The van der Waals surface area contributed by atoms with Crippen molar-refractivity contribution < 1.29 is 4.79 Å². The predicted molar refractivity (Wildman–Crippen MR) is 111 cm³/mol. The number of carbonyl (C=O) groups excluding carboxylic acids is 1. The fraction of sp³-hybridized carbons (Fsp3) is 0.350. The van der Waals surface area contributed by atoms with Crippen molar-refractivity contribution in [2.45, 2.75) is 26.3 Å². The summed E-state index contributed by atoms with van der Waals surface area (Å²) in [6, 6.07) is 12.5. The Labute approximate surface area is 167 Å². The summed E-state index contributed by atoms with van der Waals surface area (Å²) in [7, 11) is 0. The van der Waals surface area contributed by atoms with Crippen LogP contribution in [-0.2, 0) is 6.42 Å². The molecule has 7 heteroatoms. The van der Waals surface area contributed by atoms with Crippen LogP contribution in [-0.4, -0.2) is 45.8 Å². The minimum atomic E-state index is 0.134. The lowest BCUT2D eigenvalue weighted by Gasteiger charge is -2.39. The second-order valence-corrected chi connectivity index (χ2v) is 8.60. The number of anilines is 1. The second kappa shape index (κ2) is 7.78. The SMILES string of the molecule is Cc1ccc(Cc2nsc(N3CCN(C(=O)c4cccs4)C(C)C3)n2)cc1. The summed E-state index contributed by atoms with van der Waals surface area (Å²) in [6.07, 6.45) is 0.753. The van der Waals surface area contributed by atoms with Gasteiger partial charge in [-0.15, -0.1) is 11.3 Å². The lowest BCUT2D eigenvalue weighted by atomic mass is 10.1. The van der Waals surface area contributed by atoms with E-state index in [9.17, 15) is 4.79 Å². The third kappa shape index (κ3) is 4.04. The van der Waals surface area contributed by atoms with Crippen LogP contribution in [0.3, 0.4) is 0 Å². The van der Waals surface area contributed by atoms with Gasteiger partial charge in [0.1, 0.15) is 5.82 Å². The van der Waals surface area contributed by atoms with Gasteiger partial charge < -0.3 is 9.80 Å². The summed E-state index contributed by atoms with van der Waals surface area (Å²) >= 11 is 2.96. The van der Waals surface area contributed by atoms with Gasteiger partial charge in [-0.25, -0.2) is 4.98 Å². The molecular weight excluding hydrogens is 376 g/mol. The van der Waals surface area contributed by atoms with Crippen molar-refractivity contribution in [1.29, 1.82) is 0 Å². The predicted octanol–water partition coefficient (Wildman–Crippen LogP) is 3.85. The molecule has 1 fully saturated rings. The minimum Gasteiger partial charge on any atom is -0.343 e. The molecule has 2 aromatic heterocycles. The summed E-state index contributed by atoms with van der Waals surface area (Å²) in [5.74, 6) is 0.998. The zero-order chi connectivity index (χ0) is 18.8. The summed E-state index contributed by atoms with van der Waals surface area (Å²) in [6.45, 7) is 6.49. The van der Waals surface area contributed by atoms with E-state index >= 15 is 0 Å². The zero-order valence-corrected chi connectivity index (χ0v) is 17.1. The van der Waals surface area contributed by atoms with E-state index in [0.717, 1.165) is 35.3 Å². The number of benzene rings is 1. The van der Waals surface area contributed by atoms with Gasteiger partial charge in [-0.3, -0.25) is 4.79 Å². The highest BCUT2D eigenvalue weighted by Gasteiger charge is 2.29. The van der Waals surface area contributed by atoms with Crippen LogP contribution in [0.4, 0.5) is 5.13 Å². The Kier molecular flexibility index (Phi) is 5.22. The smallest absolute Gasteiger partial charge is 0.264 e. The van der Waals surface area contributed by atoms with Gasteiger partial charge in [0.25, 0.3) is 5.91 Å². The van der Waals surface area contributed by atoms with Crippen molar-refractivity contribution in [2.24, 2.45) is 0 Å². The van der Waals surface area contributed by atoms with Crippen molar-refractivity contribution in [3.8, 4) is 0 Å². The quantitative estimate of drug-likeness (QED) is 0.670. The summed E-state index contributed by atoms with van der Waals surface area (Å²) < 4.78 is 4.54. The average Bonchev–Trinajstić information content (AvgIpc) is 3.35. The lowest BCUT2D eigenvalue weighted by Crippen LogP contribution is -2.54. The van der Waals surface area contributed by atoms with Crippen LogP contribution in [0.5, 0.6) is 0 Å². The molecule has 27 heavy (non-hydrogen) atoms. The Hall–Kier alpha value is -2.25. The number of nitrogens with zero attached hydrogens (tertiary/aromatic N) is 4. The number of thiophene rings is 1. The first-order chi connectivity index (χ1) is 13.1. The minimum absolute atomic E-state index is 0.134. The molecule has 0 N–H and O–H groups in total. The number of carbonyl (C=O) groups is 1. The van der Waals surface area contributed by atoms with Crippen LogP contribution in [0.1, 0.15) is 33.5 Å². The first kappa shape index (κ1) is 18.1. The maximum Gasteiger partial charge on any atom is 0.264 e. The Bertz CT molecular complexity index is 904. The number of amides is 1. The van der Waals surface area contributed by atoms with Crippen molar-refractivity contribution in [2.75, 3.05) is 24.5 Å². The molecule has 0 radical (unpaired) electrons. The van der Waals surface area contributed by atoms with Gasteiger partial charge in [0.15, 0.2) is 0 Å². The molecule has 1 unspecified atom stereocenters. The van der Waals surface area contributed by atoms with E-state index in [1.807, 2.05) is 22.4 Å². The van der Waals surface area contributed by atoms with Crippen molar-refractivity contribution in [3.05, 3.63) is 63.6 Å². The van der Waals surface area contributed by atoms with Gasteiger partial charge >= 0.3 is 0 Å². The standard InChI is InChI=1S/C20H22N4OS2/c1-14-5-7-16(8-6-14)12-18-21-20(27-22-18)23-9-10-24(15(2)13-23)19(25)17-4-3-11-26-17/h3-8,11,15H,9-10,12-13H2,1-2H3. The molecule has 0 bridgehead atoms. The van der Waals surface area contributed by atoms with Gasteiger partial charge in [0.2, 0.25) is 5.13 Å². The molecular formula is C20H22N4OS2. The number of hydrogen-bond acceptors (Lipinski definition) is 6. The maximum absolute atomic E-state index is 12.6. The monoisotopic (exact) mass is 398 g/mol. The average molecular weight is 399 g/mol. The van der Waals surface area contributed by atoms with Gasteiger partial charge in [-0.2, -0.15) is 4.37 Å². The highest BCUT2D eigenvalue weighted by atomic mass is 32.1. The van der Waals surface area contributed by atoms with E-state index in [0.29, 0.717) is 6.54 Å². The maximum atomic E-state index is 12.6. The molecule has 1 aliphatic heterocycles. The fourth-order valence-electron chi connectivity index (χ4n) is 3.31. The highest BCUT2D eigenvalue weighted by Crippen LogP contribution is 2.24. The van der Waals surface area contributed by atoms with E-state index in [4.69, 9.17) is 4.98 Å². The lowest BCUT2D eigenvalue weighted by molar-refractivity contribution is 0.0679. The van der Waals surface area contributed by atoms with Crippen molar-refractivity contribution >= 4 is 33.9 Å². The summed E-state index contributed by atoms with van der Waals surface area (Å²) in [5.41, 5.74) is 2.49. The van der Waals surface area contributed by atoms with Gasteiger partial charge in [0.05, 0.1) is 4.88 Å². The van der Waals surface area contributed by atoms with Gasteiger partial charge in [0, 0.05) is 43.6 Å². The van der Waals surface area contributed by atoms with Crippen LogP contribution < -0.4 is 4.90 Å². The van der Waals surface area contributed by atoms with Crippen LogP contribution in [0.15, 0.2) is 41.8 Å². The number of aromatic nitrogens is 2. The van der Waals surface area contributed by atoms with Crippen LogP contribution >= 0.6 is 22.9 Å². The number of rotatable bonds is 4. The molecule has 1 atom stereocenters. The van der Waals surface area contributed by atoms with Crippen LogP contribution in [0.2, 0.25) is 0 Å². The topological polar surface area (TPSA) is 49.3 Å². The molecule has 1 aromatic carbocycles. The first-order valence-corrected chi connectivity index (χ1v) is 10.7. The molecule has 3 heterocycles. The molecule has 1 saturated heterocycles.